The summed E-state index contributed by atoms with van der Waals surface area (Å²) in [6, 6.07) is 20.5. The summed E-state index contributed by atoms with van der Waals surface area (Å²) in [6.45, 7) is 0.493. The maximum atomic E-state index is 12.4. The molecule has 7 heteroatoms. The SMILES string of the molecule is O=C(N=Cc1c(O)n(Cc2ccccc2)c2ccccc12)c1ccc(/C=N/O)nc1. The Hall–Kier alpha value is -4.26. The Balaban J connectivity index is 1.67. The Morgan fingerprint density at radius 2 is 1.77 bits per heavy atom. The molecule has 4 aromatic rings. The molecule has 0 aliphatic heterocycles. The summed E-state index contributed by atoms with van der Waals surface area (Å²) < 4.78 is 1.79. The van der Waals surface area contributed by atoms with Gasteiger partial charge in [0.05, 0.1) is 35.1 Å². The second-order valence-corrected chi connectivity index (χ2v) is 6.61. The van der Waals surface area contributed by atoms with Gasteiger partial charge in [0.1, 0.15) is 0 Å². The van der Waals surface area contributed by atoms with Gasteiger partial charge in [-0.2, -0.15) is 0 Å². The molecule has 0 fully saturated rings. The zero-order chi connectivity index (χ0) is 20.9. The van der Waals surface area contributed by atoms with Gasteiger partial charge in [-0.25, -0.2) is 4.99 Å². The van der Waals surface area contributed by atoms with Crippen molar-refractivity contribution < 1.29 is 15.1 Å². The van der Waals surface area contributed by atoms with Gasteiger partial charge in [0.2, 0.25) is 5.88 Å². The smallest absolute Gasteiger partial charge is 0.278 e. The molecule has 2 N–H and O–H groups in total. The molecule has 0 spiro atoms. The monoisotopic (exact) mass is 398 g/mol. The number of oxime groups is 1. The van der Waals surface area contributed by atoms with E-state index in [1.165, 1.54) is 12.4 Å². The number of nitrogens with zero attached hydrogens (tertiary/aromatic N) is 4. The average Bonchev–Trinajstić information content (AvgIpc) is 3.04. The maximum absolute atomic E-state index is 12.4. The first-order valence-corrected chi connectivity index (χ1v) is 9.23. The number of aliphatic imine (C=N–C) groups is 1. The van der Waals surface area contributed by atoms with Crippen LogP contribution in [0.15, 0.2) is 83.1 Å². The Kier molecular flexibility index (Phi) is 5.34. The van der Waals surface area contributed by atoms with Crippen LogP contribution >= 0.6 is 0 Å². The summed E-state index contributed by atoms with van der Waals surface area (Å²) in [5, 5.41) is 23.1. The highest BCUT2D eigenvalue weighted by Gasteiger charge is 2.16. The Bertz CT molecular complexity index is 1240. The molecule has 0 radical (unpaired) electrons. The van der Waals surface area contributed by atoms with Crippen LogP contribution in [0.25, 0.3) is 10.9 Å². The lowest BCUT2D eigenvalue weighted by Gasteiger charge is -2.07. The van der Waals surface area contributed by atoms with Crippen molar-refractivity contribution in [1.82, 2.24) is 9.55 Å². The highest BCUT2D eigenvalue weighted by molar-refractivity contribution is 6.08. The number of fused-ring (bicyclic) bond motifs is 1. The van der Waals surface area contributed by atoms with Crippen LogP contribution in [0.1, 0.15) is 27.2 Å². The number of carbonyl (C=O) groups excluding carboxylic acids is 1. The first-order valence-electron chi connectivity index (χ1n) is 9.23. The second-order valence-electron chi connectivity index (χ2n) is 6.61. The number of aromatic hydroxyl groups is 1. The lowest BCUT2D eigenvalue weighted by molar-refractivity contribution is 0.100. The van der Waals surface area contributed by atoms with Gasteiger partial charge in [-0.3, -0.25) is 9.78 Å². The average molecular weight is 398 g/mol. The number of benzene rings is 2. The lowest BCUT2D eigenvalue weighted by atomic mass is 10.2. The summed E-state index contributed by atoms with van der Waals surface area (Å²) in [5.41, 5.74) is 3.08. The Morgan fingerprint density at radius 3 is 2.50 bits per heavy atom. The minimum atomic E-state index is -0.491. The zero-order valence-corrected chi connectivity index (χ0v) is 15.9. The van der Waals surface area contributed by atoms with Crippen LogP contribution < -0.4 is 0 Å². The van der Waals surface area contributed by atoms with Crippen LogP contribution in [0.4, 0.5) is 0 Å². The van der Waals surface area contributed by atoms with Crippen LogP contribution in [0.2, 0.25) is 0 Å². The van der Waals surface area contributed by atoms with Crippen LogP contribution in [-0.2, 0) is 6.54 Å². The number of hydrogen-bond acceptors (Lipinski definition) is 5. The van der Waals surface area contributed by atoms with Gasteiger partial charge in [0.15, 0.2) is 0 Å². The molecular weight excluding hydrogens is 380 g/mol. The zero-order valence-electron chi connectivity index (χ0n) is 15.9. The molecule has 0 bridgehead atoms. The summed E-state index contributed by atoms with van der Waals surface area (Å²) in [4.78, 5) is 20.4. The van der Waals surface area contributed by atoms with Crippen LogP contribution in [0.3, 0.4) is 0 Å². The van der Waals surface area contributed by atoms with Crippen molar-refractivity contribution in [3.63, 3.8) is 0 Å². The minimum Gasteiger partial charge on any atom is -0.494 e. The fourth-order valence-corrected chi connectivity index (χ4v) is 3.24. The van der Waals surface area contributed by atoms with E-state index in [1.54, 1.807) is 16.7 Å². The van der Waals surface area contributed by atoms with Crippen LogP contribution in [0.5, 0.6) is 5.88 Å². The molecule has 4 rings (SSSR count). The fraction of sp³-hybridized carbons (Fsp3) is 0.0435. The van der Waals surface area contributed by atoms with Gasteiger partial charge in [-0.05, 0) is 23.8 Å². The summed E-state index contributed by atoms with van der Waals surface area (Å²) in [7, 11) is 0. The molecule has 1 amide bonds. The molecule has 0 atom stereocenters. The lowest BCUT2D eigenvalue weighted by Crippen LogP contribution is -2.00. The normalized spacial score (nSPS) is 11.6. The van der Waals surface area contributed by atoms with E-state index in [0.29, 0.717) is 17.8 Å². The van der Waals surface area contributed by atoms with Crippen molar-refractivity contribution in [2.45, 2.75) is 6.54 Å². The van der Waals surface area contributed by atoms with E-state index in [2.05, 4.69) is 15.1 Å². The predicted octanol–water partition coefficient (Wildman–Crippen LogP) is 3.86. The molecular formula is C23H18N4O3. The van der Waals surface area contributed by atoms with E-state index in [9.17, 15) is 9.90 Å². The largest absolute Gasteiger partial charge is 0.494 e. The highest BCUT2D eigenvalue weighted by atomic mass is 16.4. The molecule has 148 valence electrons. The molecule has 0 saturated heterocycles. The quantitative estimate of drug-likeness (QED) is 0.303. The first-order chi connectivity index (χ1) is 14.7. The van der Waals surface area contributed by atoms with Crippen LogP contribution in [-0.4, -0.2) is 38.2 Å². The Labute approximate surface area is 172 Å². The van der Waals surface area contributed by atoms with Crippen molar-refractivity contribution in [3.8, 4) is 5.88 Å². The number of amides is 1. The number of carbonyl (C=O) groups is 1. The van der Waals surface area contributed by atoms with Gasteiger partial charge in [0, 0.05) is 17.8 Å². The molecule has 0 unspecified atom stereocenters. The van der Waals surface area contributed by atoms with E-state index in [1.807, 2.05) is 54.6 Å². The number of pyridine rings is 1. The van der Waals surface area contributed by atoms with Crippen molar-refractivity contribution in [2.75, 3.05) is 0 Å². The van der Waals surface area contributed by atoms with Crippen LogP contribution in [0, 0.1) is 0 Å². The molecule has 0 aliphatic carbocycles. The molecule has 0 saturated carbocycles. The van der Waals surface area contributed by atoms with Crippen molar-refractivity contribution in [2.24, 2.45) is 10.1 Å². The molecule has 2 aromatic heterocycles. The van der Waals surface area contributed by atoms with Gasteiger partial charge in [0.25, 0.3) is 5.91 Å². The van der Waals surface area contributed by atoms with Gasteiger partial charge >= 0.3 is 0 Å². The molecule has 30 heavy (non-hydrogen) atoms. The number of hydrogen-bond donors (Lipinski definition) is 2. The Morgan fingerprint density at radius 1 is 1.00 bits per heavy atom. The van der Waals surface area contributed by atoms with Gasteiger partial charge in [-0.1, -0.05) is 53.7 Å². The third-order valence-electron chi connectivity index (χ3n) is 4.70. The number of aromatic nitrogens is 2. The molecule has 0 aliphatic rings. The van der Waals surface area contributed by atoms with E-state index in [4.69, 9.17) is 5.21 Å². The third kappa shape index (κ3) is 3.81. The maximum Gasteiger partial charge on any atom is 0.278 e. The van der Waals surface area contributed by atoms with Gasteiger partial charge in [-0.15, -0.1) is 0 Å². The fourth-order valence-electron chi connectivity index (χ4n) is 3.24. The number of para-hydroxylation sites is 1. The van der Waals surface area contributed by atoms with Gasteiger partial charge < -0.3 is 14.9 Å². The summed E-state index contributed by atoms with van der Waals surface area (Å²) in [6.07, 6.45) is 3.90. The van der Waals surface area contributed by atoms with Crippen molar-refractivity contribution >= 4 is 29.2 Å². The van der Waals surface area contributed by atoms with Crippen molar-refractivity contribution in [1.29, 1.82) is 0 Å². The third-order valence-corrected chi connectivity index (χ3v) is 4.70. The number of rotatable bonds is 5. The van der Waals surface area contributed by atoms with E-state index in [0.717, 1.165) is 22.7 Å². The highest BCUT2D eigenvalue weighted by Crippen LogP contribution is 2.30. The molecule has 2 aromatic carbocycles. The summed E-state index contributed by atoms with van der Waals surface area (Å²) in [5.74, 6) is -0.446. The topological polar surface area (TPSA) is 100 Å². The van der Waals surface area contributed by atoms with E-state index in [-0.39, 0.29) is 11.4 Å². The minimum absolute atomic E-state index is 0.0456. The molecule has 2 heterocycles. The van der Waals surface area contributed by atoms with E-state index >= 15 is 0 Å². The summed E-state index contributed by atoms with van der Waals surface area (Å²) >= 11 is 0. The first kappa shape index (κ1) is 19.1. The van der Waals surface area contributed by atoms with Crippen molar-refractivity contribution in [3.05, 3.63) is 95.3 Å². The predicted molar refractivity (Wildman–Crippen MR) is 115 cm³/mol. The molecule has 7 nitrogen and oxygen atoms in total. The van der Waals surface area contributed by atoms with E-state index < -0.39 is 5.91 Å². The standard InChI is InChI=1S/C23H18N4O3/c28-22(17-10-11-18(13-26-30)24-12-17)25-14-20-19-8-4-5-9-21(19)27(23(20)29)15-16-6-2-1-3-7-16/h1-14,29-30H,15H2/b25-14?,26-13+. The second kappa shape index (κ2) is 8.40.